The number of anilines is 1. The molecule has 2 heterocycles. The van der Waals surface area contributed by atoms with Crippen LogP contribution in [0.1, 0.15) is 11.3 Å². The standard InChI is InChI=1S/C13H10Cl2N4S/c1-8-2-3-9(6-10(8)14)18-16-7-11-12(15)17-13-19(11)4-5-20-13/h2-7,18H,1H3/b16-7-. The minimum Gasteiger partial charge on any atom is -0.288 e. The van der Waals surface area contributed by atoms with Crippen LogP contribution in [0.5, 0.6) is 0 Å². The number of hydrazone groups is 1. The van der Waals surface area contributed by atoms with Crippen LogP contribution in [0, 0.1) is 6.92 Å². The first-order valence-electron chi connectivity index (χ1n) is 5.81. The molecule has 0 saturated carbocycles. The smallest absolute Gasteiger partial charge is 0.195 e. The number of aryl methyl sites for hydroxylation is 1. The Morgan fingerprint density at radius 1 is 1.40 bits per heavy atom. The zero-order valence-electron chi connectivity index (χ0n) is 10.5. The van der Waals surface area contributed by atoms with Crippen molar-refractivity contribution in [3.05, 3.63) is 51.2 Å². The number of imidazole rings is 1. The molecular weight excluding hydrogens is 315 g/mol. The maximum absolute atomic E-state index is 6.07. The summed E-state index contributed by atoms with van der Waals surface area (Å²) in [7, 11) is 0. The van der Waals surface area contributed by atoms with E-state index in [0.717, 1.165) is 21.9 Å². The number of nitrogens with one attached hydrogen (secondary N) is 1. The molecule has 2 aromatic heterocycles. The van der Waals surface area contributed by atoms with Gasteiger partial charge in [0, 0.05) is 16.6 Å². The second-order valence-electron chi connectivity index (χ2n) is 4.18. The Balaban J connectivity index is 1.82. The molecule has 0 fully saturated rings. The minimum atomic E-state index is 0.435. The number of hydrogen-bond acceptors (Lipinski definition) is 4. The Morgan fingerprint density at radius 3 is 3.05 bits per heavy atom. The van der Waals surface area contributed by atoms with Gasteiger partial charge in [-0.1, -0.05) is 29.3 Å². The summed E-state index contributed by atoms with van der Waals surface area (Å²) < 4.78 is 1.89. The van der Waals surface area contributed by atoms with Crippen LogP contribution in [-0.4, -0.2) is 15.6 Å². The van der Waals surface area contributed by atoms with E-state index >= 15 is 0 Å². The van der Waals surface area contributed by atoms with Gasteiger partial charge in [-0.2, -0.15) is 5.10 Å². The Morgan fingerprint density at radius 2 is 2.25 bits per heavy atom. The van der Waals surface area contributed by atoms with Crippen molar-refractivity contribution in [1.82, 2.24) is 9.38 Å². The number of halogens is 2. The summed E-state index contributed by atoms with van der Waals surface area (Å²) in [6.45, 7) is 1.95. The summed E-state index contributed by atoms with van der Waals surface area (Å²) >= 11 is 13.7. The molecule has 7 heteroatoms. The molecular formula is C13H10Cl2N4S. The summed E-state index contributed by atoms with van der Waals surface area (Å²) in [5.41, 5.74) is 5.51. The van der Waals surface area contributed by atoms with Gasteiger partial charge in [-0.25, -0.2) is 4.98 Å². The largest absolute Gasteiger partial charge is 0.288 e. The van der Waals surface area contributed by atoms with E-state index in [0.29, 0.717) is 10.2 Å². The topological polar surface area (TPSA) is 41.7 Å². The molecule has 0 spiro atoms. The normalized spacial score (nSPS) is 11.6. The second kappa shape index (κ2) is 5.44. The third-order valence-corrected chi connectivity index (χ3v) is 4.25. The van der Waals surface area contributed by atoms with Crippen LogP contribution in [0.2, 0.25) is 10.2 Å². The van der Waals surface area contributed by atoms with Crippen LogP contribution < -0.4 is 5.43 Å². The highest BCUT2D eigenvalue weighted by molar-refractivity contribution is 7.15. The summed E-state index contributed by atoms with van der Waals surface area (Å²) in [6, 6.07) is 5.67. The molecule has 1 N–H and O–H groups in total. The highest BCUT2D eigenvalue weighted by Gasteiger charge is 2.08. The maximum Gasteiger partial charge on any atom is 0.195 e. The number of hydrogen-bond donors (Lipinski definition) is 1. The molecule has 0 unspecified atom stereocenters. The average molecular weight is 325 g/mol. The average Bonchev–Trinajstić information content (AvgIpc) is 2.96. The molecule has 20 heavy (non-hydrogen) atoms. The van der Waals surface area contributed by atoms with E-state index in [9.17, 15) is 0 Å². The van der Waals surface area contributed by atoms with Crippen LogP contribution in [0.3, 0.4) is 0 Å². The van der Waals surface area contributed by atoms with Gasteiger partial charge >= 0.3 is 0 Å². The number of aromatic nitrogens is 2. The molecule has 0 aliphatic rings. The van der Waals surface area contributed by atoms with Crippen molar-refractivity contribution in [2.24, 2.45) is 5.10 Å². The Labute approximate surface area is 129 Å². The van der Waals surface area contributed by atoms with Crippen molar-refractivity contribution < 1.29 is 0 Å². The molecule has 3 rings (SSSR count). The SMILES string of the molecule is Cc1ccc(N/N=C\c2c(Cl)nc3sccn23)cc1Cl. The van der Waals surface area contributed by atoms with Gasteiger partial charge in [0.2, 0.25) is 0 Å². The molecule has 0 aliphatic carbocycles. The van der Waals surface area contributed by atoms with E-state index in [2.05, 4.69) is 15.5 Å². The van der Waals surface area contributed by atoms with Gasteiger partial charge in [0.1, 0.15) is 5.69 Å². The monoisotopic (exact) mass is 324 g/mol. The highest BCUT2D eigenvalue weighted by Crippen LogP contribution is 2.21. The molecule has 0 bridgehead atoms. The number of rotatable bonds is 3. The maximum atomic E-state index is 6.07. The zero-order chi connectivity index (χ0) is 14.1. The van der Waals surface area contributed by atoms with Crippen molar-refractivity contribution in [2.75, 3.05) is 5.43 Å². The zero-order valence-corrected chi connectivity index (χ0v) is 12.8. The first-order chi connectivity index (χ1) is 9.65. The van der Waals surface area contributed by atoms with Crippen LogP contribution in [-0.2, 0) is 0 Å². The van der Waals surface area contributed by atoms with Gasteiger partial charge in [-0.05, 0) is 24.6 Å². The Bertz CT molecular complexity index is 791. The predicted octanol–water partition coefficient (Wildman–Crippen LogP) is 4.46. The fourth-order valence-corrected chi connectivity index (χ4v) is 2.89. The van der Waals surface area contributed by atoms with Crippen LogP contribution in [0.4, 0.5) is 5.69 Å². The lowest BCUT2D eigenvalue weighted by atomic mass is 10.2. The van der Waals surface area contributed by atoms with Crippen molar-refractivity contribution >= 4 is 51.4 Å². The van der Waals surface area contributed by atoms with Crippen molar-refractivity contribution in [3.63, 3.8) is 0 Å². The van der Waals surface area contributed by atoms with E-state index in [1.807, 2.05) is 41.1 Å². The van der Waals surface area contributed by atoms with Gasteiger partial charge in [-0.15, -0.1) is 11.3 Å². The number of benzene rings is 1. The van der Waals surface area contributed by atoms with Gasteiger partial charge in [-0.3, -0.25) is 9.83 Å². The van der Waals surface area contributed by atoms with Crippen LogP contribution >= 0.6 is 34.5 Å². The van der Waals surface area contributed by atoms with Gasteiger partial charge in [0.15, 0.2) is 10.1 Å². The molecule has 1 aromatic carbocycles. The first-order valence-corrected chi connectivity index (χ1v) is 7.45. The van der Waals surface area contributed by atoms with Crippen LogP contribution in [0.25, 0.3) is 4.96 Å². The lowest BCUT2D eigenvalue weighted by Crippen LogP contribution is -1.94. The van der Waals surface area contributed by atoms with E-state index in [1.54, 1.807) is 6.21 Å². The molecule has 102 valence electrons. The lowest BCUT2D eigenvalue weighted by Gasteiger charge is -2.02. The van der Waals surface area contributed by atoms with E-state index in [-0.39, 0.29) is 0 Å². The highest BCUT2D eigenvalue weighted by atomic mass is 35.5. The van der Waals surface area contributed by atoms with Gasteiger partial charge in [0.05, 0.1) is 11.9 Å². The summed E-state index contributed by atoms with van der Waals surface area (Å²) in [5.74, 6) is 0. The third-order valence-electron chi connectivity index (χ3n) is 2.81. The summed E-state index contributed by atoms with van der Waals surface area (Å²) in [4.78, 5) is 5.07. The minimum absolute atomic E-state index is 0.435. The molecule has 0 saturated heterocycles. The Hall–Kier alpha value is -1.56. The van der Waals surface area contributed by atoms with Crippen LogP contribution in [0.15, 0.2) is 34.9 Å². The molecule has 0 amide bonds. The van der Waals surface area contributed by atoms with E-state index < -0.39 is 0 Å². The molecule has 4 nitrogen and oxygen atoms in total. The predicted molar refractivity (Wildman–Crippen MR) is 85.5 cm³/mol. The van der Waals surface area contributed by atoms with Crippen molar-refractivity contribution in [1.29, 1.82) is 0 Å². The summed E-state index contributed by atoms with van der Waals surface area (Å²) in [6.07, 6.45) is 3.55. The third kappa shape index (κ3) is 2.52. The molecule has 0 atom stereocenters. The fourth-order valence-electron chi connectivity index (χ4n) is 1.72. The van der Waals surface area contributed by atoms with Crippen molar-refractivity contribution in [2.45, 2.75) is 6.92 Å². The lowest BCUT2D eigenvalue weighted by molar-refractivity contribution is 1.21. The van der Waals surface area contributed by atoms with Gasteiger partial charge < -0.3 is 0 Å². The second-order valence-corrected chi connectivity index (χ2v) is 5.82. The number of thiazole rings is 1. The van der Waals surface area contributed by atoms with E-state index in [1.165, 1.54) is 11.3 Å². The fraction of sp³-hybridized carbons (Fsp3) is 0.0769. The number of fused-ring (bicyclic) bond motifs is 1. The molecule has 3 aromatic rings. The quantitative estimate of drug-likeness (QED) is 0.571. The Kier molecular flexibility index (Phi) is 3.65. The summed E-state index contributed by atoms with van der Waals surface area (Å²) in [5, 5.41) is 7.25. The first kappa shape index (κ1) is 13.4. The molecule has 0 aliphatic heterocycles. The molecule has 0 radical (unpaired) electrons. The van der Waals surface area contributed by atoms with Gasteiger partial charge in [0.25, 0.3) is 0 Å². The van der Waals surface area contributed by atoms with Crippen molar-refractivity contribution in [3.8, 4) is 0 Å². The van der Waals surface area contributed by atoms with E-state index in [4.69, 9.17) is 23.2 Å². The number of nitrogens with zero attached hydrogens (tertiary/aromatic N) is 3.